The zero-order valence-corrected chi connectivity index (χ0v) is 14.8. The van der Waals surface area contributed by atoms with Gasteiger partial charge in [0.25, 0.3) is 0 Å². The number of rotatable bonds is 6. The molecular weight excluding hydrogens is 330 g/mol. The summed E-state index contributed by atoms with van der Waals surface area (Å²) in [6, 6.07) is 0.263. The average Bonchev–Trinajstić information content (AvgIpc) is 3.20. The van der Waals surface area contributed by atoms with Crippen LogP contribution in [-0.2, 0) is 11.2 Å². The molecule has 0 aromatic carbocycles. The highest BCUT2D eigenvalue weighted by Gasteiger charge is 2.27. The minimum absolute atomic E-state index is 0.0207. The largest absolute Gasteiger partial charge is 0.299 e. The molecule has 0 saturated carbocycles. The van der Waals surface area contributed by atoms with Crippen LogP contribution in [0.5, 0.6) is 0 Å². The molecular formula is C15H21N5OS2. The lowest BCUT2D eigenvalue weighted by Gasteiger charge is -2.33. The first-order valence-electron chi connectivity index (χ1n) is 8.02. The first-order chi connectivity index (χ1) is 11.3. The van der Waals surface area contributed by atoms with Gasteiger partial charge in [-0.05, 0) is 25.8 Å². The Morgan fingerprint density at radius 3 is 3.13 bits per heavy atom. The lowest BCUT2D eigenvalue weighted by molar-refractivity contribution is -0.118. The molecule has 1 atom stereocenters. The maximum Gasteiger partial charge on any atom is 0.240 e. The Hall–Kier alpha value is -1.38. The predicted octanol–water partition coefficient (Wildman–Crippen LogP) is 3.11. The molecule has 0 radical (unpaired) electrons. The fourth-order valence-corrected chi connectivity index (χ4v) is 4.49. The van der Waals surface area contributed by atoms with Crippen LogP contribution >= 0.6 is 22.7 Å². The van der Waals surface area contributed by atoms with Gasteiger partial charge in [-0.2, -0.15) is 0 Å². The number of hydrogen-bond acceptors (Lipinski definition) is 7. The SMILES string of the molecule is CCCc1nnc(NC(=O)CN2CCCC[C@@H]2c2nccs2)s1. The summed E-state index contributed by atoms with van der Waals surface area (Å²) in [5.41, 5.74) is 0. The second-order valence-corrected chi connectivity index (χ2v) is 7.64. The van der Waals surface area contributed by atoms with Crippen LogP contribution in [0.3, 0.4) is 0 Å². The van der Waals surface area contributed by atoms with E-state index in [2.05, 4.69) is 32.3 Å². The molecule has 23 heavy (non-hydrogen) atoms. The van der Waals surface area contributed by atoms with E-state index in [0.717, 1.165) is 42.2 Å². The van der Waals surface area contributed by atoms with Crippen molar-refractivity contribution in [2.24, 2.45) is 0 Å². The van der Waals surface area contributed by atoms with Crippen molar-refractivity contribution in [1.29, 1.82) is 0 Å². The zero-order chi connectivity index (χ0) is 16.1. The van der Waals surface area contributed by atoms with Crippen LogP contribution in [0.25, 0.3) is 0 Å². The number of carbonyl (C=O) groups is 1. The molecule has 1 amide bonds. The fourth-order valence-electron chi connectivity index (χ4n) is 2.82. The van der Waals surface area contributed by atoms with Gasteiger partial charge in [0.2, 0.25) is 11.0 Å². The molecule has 0 aliphatic carbocycles. The second-order valence-electron chi connectivity index (χ2n) is 5.65. The zero-order valence-electron chi connectivity index (χ0n) is 13.2. The number of likely N-dealkylation sites (tertiary alicyclic amines) is 1. The van der Waals surface area contributed by atoms with Gasteiger partial charge in [-0.15, -0.1) is 21.5 Å². The number of nitrogens with zero attached hydrogens (tertiary/aromatic N) is 4. The molecule has 0 spiro atoms. The summed E-state index contributed by atoms with van der Waals surface area (Å²) >= 11 is 3.13. The molecule has 0 unspecified atom stereocenters. The molecule has 1 aliphatic rings. The van der Waals surface area contributed by atoms with Gasteiger partial charge in [-0.1, -0.05) is 24.7 Å². The van der Waals surface area contributed by atoms with E-state index in [4.69, 9.17) is 0 Å². The molecule has 6 nitrogen and oxygen atoms in total. The third-order valence-electron chi connectivity index (χ3n) is 3.87. The van der Waals surface area contributed by atoms with Gasteiger partial charge < -0.3 is 0 Å². The Labute approximate surface area is 144 Å². The Morgan fingerprint density at radius 1 is 1.43 bits per heavy atom. The van der Waals surface area contributed by atoms with Crippen molar-refractivity contribution >= 4 is 33.7 Å². The maximum atomic E-state index is 12.3. The standard InChI is InChI=1S/C15H21N5OS2/c1-2-5-13-18-19-15(23-13)17-12(21)10-20-8-4-3-6-11(20)14-16-7-9-22-14/h7,9,11H,2-6,8,10H2,1H3,(H,17,19,21)/t11-/m1/s1. The highest BCUT2D eigenvalue weighted by Crippen LogP contribution is 2.31. The summed E-state index contributed by atoms with van der Waals surface area (Å²) in [4.78, 5) is 19.0. The molecule has 3 heterocycles. The monoisotopic (exact) mass is 351 g/mol. The van der Waals surface area contributed by atoms with Crippen LogP contribution < -0.4 is 5.32 Å². The summed E-state index contributed by atoms with van der Waals surface area (Å²) in [5.74, 6) is -0.0207. The lowest BCUT2D eigenvalue weighted by atomic mass is 10.0. The molecule has 1 fully saturated rings. The third-order valence-corrected chi connectivity index (χ3v) is 5.65. The van der Waals surface area contributed by atoms with E-state index in [1.807, 2.05) is 11.6 Å². The van der Waals surface area contributed by atoms with Crippen molar-refractivity contribution in [3.8, 4) is 0 Å². The summed E-state index contributed by atoms with van der Waals surface area (Å²) < 4.78 is 0. The Bertz CT molecular complexity index is 628. The Kier molecular flexibility index (Phi) is 5.69. The number of carbonyl (C=O) groups excluding carboxylic acids is 1. The number of aromatic nitrogens is 3. The van der Waals surface area contributed by atoms with Crippen molar-refractivity contribution in [2.75, 3.05) is 18.4 Å². The van der Waals surface area contributed by atoms with E-state index < -0.39 is 0 Å². The Balaban J connectivity index is 1.59. The van der Waals surface area contributed by atoms with E-state index in [1.54, 1.807) is 11.3 Å². The topological polar surface area (TPSA) is 71.0 Å². The van der Waals surface area contributed by atoms with Gasteiger partial charge >= 0.3 is 0 Å². The van der Waals surface area contributed by atoms with Crippen molar-refractivity contribution in [3.05, 3.63) is 21.6 Å². The molecule has 0 bridgehead atoms. The van der Waals surface area contributed by atoms with Gasteiger partial charge in [0.05, 0.1) is 12.6 Å². The number of nitrogens with one attached hydrogen (secondary N) is 1. The summed E-state index contributed by atoms with van der Waals surface area (Å²) in [7, 11) is 0. The number of amides is 1. The van der Waals surface area contributed by atoms with E-state index in [9.17, 15) is 4.79 Å². The van der Waals surface area contributed by atoms with Gasteiger partial charge in [0.1, 0.15) is 10.0 Å². The number of piperidine rings is 1. The molecule has 8 heteroatoms. The van der Waals surface area contributed by atoms with E-state index >= 15 is 0 Å². The van der Waals surface area contributed by atoms with Gasteiger partial charge in [0, 0.05) is 18.0 Å². The second kappa shape index (κ2) is 7.94. The van der Waals surface area contributed by atoms with Crippen LogP contribution in [0.15, 0.2) is 11.6 Å². The van der Waals surface area contributed by atoms with Gasteiger partial charge in [-0.25, -0.2) is 4.98 Å². The lowest BCUT2D eigenvalue weighted by Crippen LogP contribution is -2.39. The smallest absolute Gasteiger partial charge is 0.240 e. The number of anilines is 1. The highest BCUT2D eigenvalue weighted by molar-refractivity contribution is 7.15. The summed E-state index contributed by atoms with van der Waals surface area (Å²) in [5, 5.41) is 15.7. The van der Waals surface area contributed by atoms with Crippen molar-refractivity contribution in [1.82, 2.24) is 20.1 Å². The first-order valence-corrected chi connectivity index (χ1v) is 9.71. The van der Waals surface area contributed by atoms with E-state index in [0.29, 0.717) is 11.7 Å². The van der Waals surface area contributed by atoms with Crippen LogP contribution in [-0.4, -0.2) is 39.1 Å². The van der Waals surface area contributed by atoms with Crippen LogP contribution in [0.1, 0.15) is 48.7 Å². The van der Waals surface area contributed by atoms with Crippen molar-refractivity contribution in [2.45, 2.75) is 45.1 Å². The quantitative estimate of drug-likeness (QED) is 0.866. The number of hydrogen-bond donors (Lipinski definition) is 1. The van der Waals surface area contributed by atoms with E-state index in [1.165, 1.54) is 17.8 Å². The molecule has 124 valence electrons. The predicted molar refractivity (Wildman–Crippen MR) is 92.8 cm³/mol. The Morgan fingerprint density at radius 2 is 2.35 bits per heavy atom. The first kappa shape index (κ1) is 16.5. The number of thiazole rings is 1. The third kappa shape index (κ3) is 4.33. The molecule has 2 aromatic heterocycles. The van der Waals surface area contributed by atoms with Gasteiger partial charge in [0.15, 0.2) is 0 Å². The highest BCUT2D eigenvalue weighted by atomic mass is 32.1. The maximum absolute atomic E-state index is 12.3. The van der Waals surface area contributed by atoms with Crippen molar-refractivity contribution in [3.63, 3.8) is 0 Å². The summed E-state index contributed by atoms with van der Waals surface area (Å²) in [6.45, 7) is 3.43. The molecule has 2 aromatic rings. The molecule has 1 saturated heterocycles. The minimum atomic E-state index is -0.0207. The average molecular weight is 352 g/mol. The molecule has 1 N–H and O–H groups in total. The fraction of sp³-hybridized carbons (Fsp3) is 0.600. The molecule has 1 aliphatic heterocycles. The van der Waals surface area contributed by atoms with Crippen LogP contribution in [0.2, 0.25) is 0 Å². The van der Waals surface area contributed by atoms with Gasteiger partial charge in [-0.3, -0.25) is 15.0 Å². The van der Waals surface area contributed by atoms with Crippen LogP contribution in [0, 0.1) is 0 Å². The van der Waals surface area contributed by atoms with Crippen molar-refractivity contribution < 1.29 is 4.79 Å². The number of aryl methyl sites for hydroxylation is 1. The normalized spacial score (nSPS) is 18.9. The molecule has 3 rings (SSSR count). The van der Waals surface area contributed by atoms with Crippen LogP contribution in [0.4, 0.5) is 5.13 Å². The summed E-state index contributed by atoms with van der Waals surface area (Å²) in [6.07, 6.45) is 7.18. The minimum Gasteiger partial charge on any atom is -0.299 e. The van der Waals surface area contributed by atoms with E-state index in [-0.39, 0.29) is 11.9 Å².